The predicted molar refractivity (Wildman–Crippen MR) is 141 cm³/mol. The summed E-state index contributed by atoms with van der Waals surface area (Å²) >= 11 is 2.96. The molecule has 1 saturated carbocycles. The summed E-state index contributed by atoms with van der Waals surface area (Å²) in [6, 6.07) is 2.16. The van der Waals surface area contributed by atoms with Crippen molar-refractivity contribution in [3.05, 3.63) is 44.1 Å². The fraction of sp³-hybridized carbons (Fsp3) is 0.640. The number of nitro groups is 1. The third-order valence-corrected chi connectivity index (χ3v) is 7.08. The summed E-state index contributed by atoms with van der Waals surface area (Å²) in [5, 5.41) is 10.6. The Labute approximate surface area is 226 Å². The van der Waals surface area contributed by atoms with Crippen LogP contribution in [0.4, 0.5) is 14.9 Å². The van der Waals surface area contributed by atoms with E-state index in [0.29, 0.717) is 13.1 Å². The van der Waals surface area contributed by atoms with E-state index in [4.69, 9.17) is 18.8 Å². The monoisotopic (exact) mass is 584 g/mol. The third kappa shape index (κ3) is 7.67. The van der Waals surface area contributed by atoms with E-state index in [1.807, 2.05) is 54.5 Å². The Morgan fingerprint density at radius 2 is 1.81 bits per heavy atom. The number of rotatable bonds is 4. The number of ether oxygens (including phenoxy) is 2. The van der Waals surface area contributed by atoms with Gasteiger partial charge in [0.15, 0.2) is 5.75 Å². The minimum absolute atomic E-state index is 0.0426. The van der Waals surface area contributed by atoms with Crippen LogP contribution in [0.3, 0.4) is 0 Å². The average Bonchev–Trinajstić information content (AvgIpc) is 3.54. The fourth-order valence-corrected chi connectivity index (χ4v) is 3.83. The van der Waals surface area contributed by atoms with Crippen LogP contribution in [0.1, 0.15) is 67.7 Å². The highest BCUT2D eigenvalue weighted by molar-refractivity contribution is 9.10. The van der Waals surface area contributed by atoms with Crippen LogP contribution >= 0.6 is 15.9 Å². The standard InChI is InChI=1S/C16H28BNO4.C9H7BrFNO3/c1-14(2,3)20-13(19)18-10-8-12(9-11-18)17-21-15(4,5)16(6,7)22-17;10-6-3-9(15-5-1-2-5)8(12(13)14)4-7(6)11/h8H,9-11H2,1-7H3;3-5H,1-2H2. The topological polar surface area (TPSA) is 100 Å². The number of halogens is 2. The van der Waals surface area contributed by atoms with Crippen LogP contribution in [0.15, 0.2) is 28.2 Å². The Bertz CT molecular complexity index is 1050. The summed E-state index contributed by atoms with van der Waals surface area (Å²) in [5.41, 5.74) is -0.352. The van der Waals surface area contributed by atoms with Gasteiger partial charge in [-0.2, -0.15) is 0 Å². The van der Waals surface area contributed by atoms with Crippen molar-refractivity contribution < 1.29 is 32.9 Å². The van der Waals surface area contributed by atoms with Gasteiger partial charge in [-0.05, 0) is 89.1 Å². The van der Waals surface area contributed by atoms with Crippen molar-refractivity contribution >= 4 is 34.8 Å². The maximum Gasteiger partial charge on any atom is 0.490 e. The van der Waals surface area contributed by atoms with Gasteiger partial charge in [0.1, 0.15) is 11.4 Å². The highest BCUT2D eigenvalue weighted by atomic mass is 79.9. The molecule has 0 atom stereocenters. The maximum absolute atomic E-state index is 13.1. The fourth-order valence-electron chi connectivity index (χ4n) is 3.51. The van der Waals surface area contributed by atoms with Crippen LogP contribution in [0.2, 0.25) is 0 Å². The molecule has 0 aromatic heterocycles. The first kappa shape index (κ1) is 29.4. The minimum Gasteiger partial charge on any atom is -0.483 e. The smallest absolute Gasteiger partial charge is 0.483 e. The molecule has 204 valence electrons. The lowest BCUT2D eigenvalue weighted by Crippen LogP contribution is -2.41. The van der Waals surface area contributed by atoms with Crippen molar-refractivity contribution in [2.75, 3.05) is 13.1 Å². The number of carbonyl (C=O) groups is 1. The number of carbonyl (C=O) groups excluding carboxylic acids is 1. The molecule has 1 aromatic rings. The number of nitrogens with zero attached hydrogens (tertiary/aromatic N) is 2. The van der Waals surface area contributed by atoms with Gasteiger partial charge in [-0.1, -0.05) is 6.08 Å². The molecule has 1 amide bonds. The van der Waals surface area contributed by atoms with Gasteiger partial charge in [-0.3, -0.25) is 10.1 Å². The Balaban J connectivity index is 0.000000220. The summed E-state index contributed by atoms with van der Waals surface area (Å²) in [6.45, 7) is 15.0. The van der Waals surface area contributed by atoms with Gasteiger partial charge < -0.3 is 23.7 Å². The first-order chi connectivity index (χ1) is 17.0. The van der Waals surface area contributed by atoms with E-state index < -0.39 is 16.3 Å². The molecule has 2 heterocycles. The molecular formula is C25H35BBrFN2O7. The quantitative estimate of drug-likeness (QED) is 0.235. The molecule has 1 aliphatic carbocycles. The van der Waals surface area contributed by atoms with Crippen LogP contribution in [-0.2, 0) is 14.0 Å². The van der Waals surface area contributed by atoms with Gasteiger partial charge in [-0.25, -0.2) is 9.18 Å². The molecule has 2 aliphatic heterocycles. The van der Waals surface area contributed by atoms with Gasteiger partial charge in [0.2, 0.25) is 0 Å². The van der Waals surface area contributed by atoms with Gasteiger partial charge in [-0.15, -0.1) is 0 Å². The van der Waals surface area contributed by atoms with E-state index in [1.54, 1.807) is 4.90 Å². The number of amides is 1. The van der Waals surface area contributed by atoms with E-state index in [9.17, 15) is 19.3 Å². The van der Waals surface area contributed by atoms with E-state index in [2.05, 4.69) is 15.9 Å². The minimum atomic E-state index is -0.662. The summed E-state index contributed by atoms with van der Waals surface area (Å²) in [7, 11) is -0.314. The van der Waals surface area contributed by atoms with Gasteiger partial charge in [0.25, 0.3) is 0 Å². The van der Waals surface area contributed by atoms with E-state index in [0.717, 1.165) is 30.8 Å². The zero-order valence-corrected chi connectivity index (χ0v) is 24.0. The average molecular weight is 585 g/mol. The summed E-state index contributed by atoms with van der Waals surface area (Å²) in [4.78, 5) is 23.8. The van der Waals surface area contributed by atoms with E-state index in [1.165, 1.54) is 6.07 Å². The first-order valence-electron chi connectivity index (χ1n) is 12.3. The molecular weight excluding hydrogens is 550 g/mol. The largest absolute Gasteiger partial charge is 0.490 e. The zero-order chi connectivity index (χ0) is 27.8. The molecule has 0 spiro atoms. The first-order valence-corrected chi connectivity index (χ1v) is 13.1. The molecule has 9 nitrogen and oxygen atoms in total. The zero-order valence-electron chi connectivity index (χ0n) is 22.4. The lowest BCUT2D eigenvalue weighted by molar-refractivity contribution is -0.386. The highest BCUT2D eigenvalue weighted by Crippen LogP contribution is 2.39. The molecule has 0 unspecified atom stereocenters. The summed E-state index contributed by atoms with van der Waals surface area (Å²) in [6.07, 6.45) is 4.34. The lowest BCUT2D eigenvalue weighted by atomic mass is 9.75. The second-order valence-corrected chi connectivity index (χ2v) is 12.2. The Morgan fingerprint density at radius 1 is 1.22 bits per heavy atom. The number of hydrogen-bond donors (Lipinski definition) is 0. The molecule has 4 rings (SSSR count). The Kier molecular flexibility index (Phi) is 8.66. The molecule has 0 bridgehead atoms. The van der Waals surface area contributed by atoms with Crippen LogP contribution < -0.4 is 4.74 Å². The van der Waals surface area contributed by atoms with Crippen molar-refractivity contribution in [3.63, 3.8) is 0 Å². The second-order valence-electron chi connectivity index (χ2n) is 11.4. The summed E-state index contributed by atoms with van der Waals surface area (Å²) in [5.74, 6) is -0.541. The molecule has 37 heavy (non-hydrogen) atoms. The molecule has 0 radical (unpaired) electrons. The Hall–Kier alpha value is -2.18. The molecule has 3 aliphatic rings. The van der Waals surface area contributed by atoms with Crippen LogP contribution in [0, 0.1) is 15.9 Å². The van der Waals surface area contributed by atoms with Crippen molar-refractivity contribution in [3.8, 4) is 5.75 Å². The van der Waals surface area contributed by atoms with Gasteiger partial charge in [0, 0.05) is 19.2 Å². The van der Waals surface area contributed by atoms with Crippen molar-refractivity contribution in [1.29, 1.82) is 0 Å². The maximum atomic E-state index is 13.1. The molecule has 2 fully saturated rings. The van der Waals surface area contributed by atoms with Crippen molar-refractivity contribution in [1.82, 2.24) is 4.90 Å². The predicted octanol–water partition coefficient (Wildman–Crippen LogP) is 6.22. The SMILES string of the molecule is CC(C)(C)OC(=O)N1CC=C(B2OC(C)(C)C(C)(C)O2)CC1.O=[N+]([O-])c1cc(F)c(Br)cc1OC1CC1. The van der Waals surface area contributed by atoms with Crippen molar-refractivity contribution in [2.24, 2.45) is 0 Å². The van der Waals surface area contributed by atoms with Crippen LogP contribution in [0.5, 0.6) is 5.75 Å². The van der Waals surface area contributed by atoms with Crippen LogP contribution in [-0.4, -0.2) is 59.0 Å². The highest BCUT2D eigenvalue weighted by Gasteiger charge is 2.52. The number of nitro benzene ring substituents is 1. The molecule has 0 N–H and O–H groups in total. The summed E-state index contributed by atoms with van der Waals surface area (Å²) < 4.78 is 36.1. The molecule has 1 saturated heterocycles. The number of hydrogen-bond acceptors (Lipinski definition) is 7. The lowest BCUT2D eigenvalue weighted by Gasteiger charge is -2.32. The van der Waals surface area contributed by atoms with Crippen molar-refractivity contribution in [2.45, 2.75) is 90.6 Å². The third-order valence-electron chi connectivity index (χ3n) is 6.47. The Morgan fingerprint density at radius 3 is 2.27 bits per heavy atom. The van der Waals surface area contributed by atoms with Gasteiger partial charge >= 0.3 is 18.9 Å². The van der Waals surface area contributed by atoms with E-state index >= 15 is 0 Å². The number of benzene rings is 1. The normalized spacial score (nSPS) is 20.5. The van der Waals surface area contributed by atoms with Gasteiger partial charge in [0.05, 0.1) is 32.8 Å². The molecule has 1 aromatic carbocycles. The second kappa shape index (κ2) is 10.9. The molecule has 12 heteroatoms. The van der Waals surface area contributed by atoms with E-state index in [-0.39, 0.29) is 46.4 Å². The van der Waals surface area contributed by atoms with Crippen LogP contribution in [0.25, 0.3) is 0 Å².